The van der Waals surface area contributed by atoms with Gasteiger partial charge in [-0.05, 0) is 24.3 Å². The van der Waals surface area contributed by atoms with Gasteiger partial charge in [0.05, 0.1) is 36.0 Å². The first-order valence-corrected chi connectivity index (χ1v) is 9.59. The molecular formula is C20H19N3O4S. The molecule has 8 heteroatoms. The summed E-state index contributed by atoms with van der Waals surface area (Å²) in [6, 6.07) is 12.9. The highest BCUT2D eigenvalue weighted by atomic mass is 32.1. The third-order valence-corrected chi connectivity index (χ3v) is 5.65. The van der Waals surface area contributed by atoms with Crippen molar-refractivity contribution in [1.29, 1.82) is 0 Å². The number of hydrogen-bond donors (Lipinski definition) is 1. The fourth-order valence-corrected chi connectivity index (χ4v) is 4.13. The number of carbonyl (C=O) groups excluding carboxylic acids is 2. The van der Waals surface area contributed by atoms with Gasteiger partial charge in [0.15, 0.2) is 5.13 Å². The number of rotatable bonds is 5. The van der Waals surface area contributed by atoms with Crippen LogP contribution in [0.1, 0.15) is 6.42 Å². The molecule has 2 amide bonds. The predicted molar refractivity (Wildman–Crippen MR) is 108 cm³/mol. The van der Waals surface area contributed by atoms with E-state index in [4.69, 9.17) is 9.47 Å². The Bertz CT molecular complexity index is 1020. The summed E-state index contributed by atoms with van der Waals surface area (Å²) in [6.07, 6.45) is 0.145. The van der Waals surface area contributed by atoms with Crippen LogP contribution >= 0.6 is 11.3 Å². The van der Waals surface area contributed by atoms with E-state index in [0.29, 0.717) is 22.3 Å². The van der Waals surface area contributed by atoms with Crippen LogP contribution in [0.2, 0.25) is 0 Å². The van der Waals surface area contributed by atoms with Gasteiger partial charge in [-0.2, -0.15) is 0 Å². The van der Waals surface area contributed by atoms with Crippen LogP contribution in [0.25, 0.3) is 10.2 Å². The standard InChI is InChI=1S/C20H19N3O4S/c1-26-13-7-8-15(16(10-13)27-2)23-11-12(9-18(23)24)19(25)22-20-21-14-5-3-4-6-17(14)28-20/h3-8,10,12H,9,11H2,1-2H3,(H,21,22,25)/t12-/m0/s1. The van der Waals surface area contributed by atoms with Crippen LogP contribution in [0.3, 0.4) is 0 Å². The minimum absolute atomic E-state index is 0.118. The molecule has 2 aromatic carbocycles. The maximum absolute atomic E-state index is 12.7. The van der Waals surface area contributed by atoms with Gasteiger partial charge in [-0.3, -0.25) is 9.59 Å². The van der Waals surface area contributed by atoms with Crippen LogP contribution in [0.5, 0.6) is 11.5 Å². The molecule has 0 spiro atoms. The molecule has 28 heavy (non-hydrogen) atoms. The van der Waals surface area contributed by atoms with Crippen LogP contribution in [-0.4, -0.2) is 37.6 Å². The second-order valence-electron chi connectivity index (χ2n) is 6.42. The number of anilines is 2. The summed E-state index contributed by atoms with van der Waals surface area (Å²) in [4.78, 5) is 31.3. The molecule has 1 atom stereocenters. The number of benzene rings is 2. The van der Waals surface area contributed by atoms with E-state index in [1.54, 1.807) is 30.2 Å². The third kappa shape index (κ3) is 3.38. The highest BCUT2D eigenvalue weighted by molar-refractivity contribution is 7.22. The first kappa shape index (κ1) is 18.2. The summed E-state index contributed by atoms with van der Waals surface area (Å²) in [5.41, 5.74) is 1.47. The Balaban J connectivity index is 1.50. The largest absolute Gasteiger partial charge is 0.497 e. The lowest BCUT2D eigenvalue weighted by Gasteiger charge is -2.20. The Morgan fingerprint density at radius 1 is 1.21 bits per heavy atom. The minimum Gasteiger partial charge on any atom is -0.497 e. The monoisotopic (exact) mass is 397 g/mol. The molecule has 3 aromatic rings. The molecule has 0 unspecified atom stereocenters. The van der Waals surface area contributed by atoms with Crippen LogP contribution in [0.4, 0.5) is 10.8 Å². The summed E-state index contributed by atoms with van der Waals surface area (Å²) in [5.74, 6) is 0.388. The maximum Gasteiger partial charge on any atom is 0.231 e. The van der Waals surface area contributed by atoms with E-state index in [1.807, 2.05) is 24.3 Å². The molecular weight excluding hydrogens is 378 g/mol. The van der Waals surface area contributed by atoms with Gasteiger partial charge < -0.3 is 19.7 Å². The van der Waals surface area contributed by atoms with Gasteiger partial charge in [-0.25, -0.2) is 4.98 Å². The van der Waals surface area contributed by atoms with Crippen molar-refractivity contribution in [2.45, 2.75) is 6.42 Å². The number of para-hydroxylation sites is 1. The summed E-state index contributed by atoms with van der Waals surface area (Å²) in [6.45, 7) is 0.290. The van der Waals surface area contributed by atoms with Crippen molar-refractivity contribution in [2.24, 2.45) is 5.92 Å². The lowest BCUT2D eigenvalue weighted by Crippen LogP contribution is -2.28. The predicted octanol–water partition coefficient (Wildman–Crippen LogP) is 3.31. The number of thiazole rings is 1. The Morgan fingerprint density at radius 2 is 2.04 bits per heavy atom. The first-order chi connectivity index (χ1) is 13.6. The Hall–Kier alpha value is -3.13. The van der Waals surface area contributed by atoms with Crippen molar-refractivity contribution in [3.05, 3.63) is 42.5 Å². The second-order valence-corrected chi connectivity index (χ2v) is 7.45. The number of fused-ring (bicyclic) bond motifs is 1. The second kappa shape index (κ2) is 7.47. The van der Waals surface area contributed by atoms with Gasteiger partial charge in [-0.15, -0.1) is 0 Å². The normalized spacial score (nSPS) is 16.4. The number of hydrogen-bond acceptors (Lipinski definition) is 6. The molecule has 0 radical (unpaired) electrons. The van der Waals surface area contributed by atoms with Crippen molar-refractivity contribution in [3.63, 3.8) is 0 Å². The minimum atomic E-state index is -0.452. The van der Waals surface area contributed by atoms with Gasteiger partial charge in [0, 0.05) is 19.0 Å². The smallest absolute Gasteiger partial charge is 0.231 e. The molecule has 0 saturated carbocycles. The topological polar surface area (TPSA) is 80.8 Å². The van der Waals surface area contributed by atoms with Gasteiger partial charge in [-0.1, -0.05) is 23.5 Å². The van der Waals surface area contributed by atoms with E-state index in [0.717, 1.165) is 10.2 Å². The van der Waals surface area contributed by atoms with E-state index in [1.165, 1.54) is 18.4 Å². The lowest BCUT2D eigenvalue weighted by atomic mass is 10.1. The van der Waals surface area contributed by atoms with Crippen LogP contribution in [0.15, 0.2) is 42.5 Å². The summed E-state index contributed by atoms with van der Waals surface area (Å²) >= 11 is 1.42. The molecule has 1 aliphatic heterocycles. The average Bonchev–Trinajstić information content (AvgIpc) is 3.30. The van der Waals surface area contributed by atoms with Crippen molar-refractivity contribution in [1.82, 2.24) is 4.98 Å². The number of amides is 2. The molecule has 4 rings (SSSR count). The Morgan fingerprint density at radius 3 is 2.79 bits per heavy atom. The number of methoxy groups -OCH3 is 2. The van der Waals surface area contributed by atoms with E-state index >= 15 is 0 Å². The van der Waals surface area contributed by atoms with Crippen molar-refractivity contribution >= 4 is 44.2 Å². The highest BCUT2D eigenvalue weighted by Crippen LogP contribution is 2.36. The Labute approximate surface area is 165 Å². The molecule has 0 bridgehead atoms. The quantitative estimate of drug-likeness (QED) is 0.714. The lowest BCUT2D eigenvalue weighted by molar-refractivity contribution is -0.122. The van der Waals surface area contributed by atoms with E-state index in [9.17, 15) is 9.59 Å². The fraction of sp³-hybridized carbons (Fsp3) is 0.250. The van der Waals surface area contributed by atoms with E-state index in [-0.39, 0.29) is 24.8 Å². The molecule has 1 aromatic heterocycles. The number of ether oxygens (including phenoxy) is 2. The molecule has 2 heterocycles. The Kier molecular flexibility index (Phi) is 4.87. The summed E-state index contributed by atoms with van der Waals surface area (Å²) in [7, 11) is 3.11. The van der Waals surface area contributed by atoms with E-state index in [2.05, 4.69) is 10.3 Å². The molecule has 1 saturated heterocycles. The zero-order valence-electron chi connectivity index (χ0n) is 15.5. The van der Waals surface area contributed by atoms with Gasteiger partial charge >= 0.3 is 0 Å². The van der Waals surface area contributed by atoms with Crippen LogP contribution in [-0.2, 0) is 9.59 Å². The van der Waals surface area contributed by atoms with Crippen molar-refractivity contribution < 1.29 is 19.1 Å². The highest BCUT2D eigenvalue weighted by Gasteiger charge is 2.36. The van der Waals surface area contributed by atoms with E-state index < -0.39 is 5.92 Å². The molecule has 0 aliphatic carbocycles. The third-order valence-electron chi connectivity index (χ3n) is 4.70. The van der Waals surface area contributed by atoms with Crippen LogP contribution < -0.4 is 19.7 Å². The maximum atomic E-state index is 12.7. The zero-order chi connectivity index (χ0) is 19.7. The average molecular weight is 397 g/mol. The first-order valence-electron chi connectivity index (χ1n) is 8.78. The number of aromatic nitrogens is 1. The fourth-order valence-electron chi connectivity index (χ4n) is 3.26. The molecule has 144 valence electrons. The SMILES string of the molecule is COc1ccc(N2C[C@@H](C(=O)Nc3nc4ccccc4s3)CC2=O)c(OC)c1. The van der Waals surface area contributed by atoms with Crippen molar-refractivity contribution in [2.75, 3.05) is 31.0 Å². The number of nitrogens with zero attached hydrogens (tertiary/aromatic N) is 2. The molecule has 7 nitrogen and oxygen atoms in total. The van der Waals surface area contributed by atoms with Gasteiger partial charge in [0.25, 0.3) is 0 Å². The number of nitrogens with one attached hydrogen (secondary N) is 1. The number of carbonyl (C=O) groups is 2. The zero-order valence-corrected chi connectivity index (χ0v) is 16.3. The summed E-state index contributed by atoms with van der Waals surface area (Å²) < 4.78 is 11.6. The van der Waals surface area contributed by atoms with Gasteiger partial charge in [0.2, 0.25) is 11.8 Å². The van der Waals surface area contributed by atoms with Gasteiger partial charge in [0.1, 0.15) is 11.5 Å². The molecule has 1 N–H and O–H groups in total. The summed E-state index contributed by atoms with van der Waals surface area (Å²) in [5, 5.41) is 3.39. The van der Waals surface area contributed by atoms with Crippen molar-refractivity contribution in [3.8, 4) is 11.5 Å². The molecule has 1 fully saturated rings. The molecule has 1 aliphatic rings. The van der Waals surface area contributed by atoms with Crippen LogP contribution in [0, 0.1) is 5.92 Å².